The van der Waals surface area contributed by atoms with Crippen LogP contribution in [0.3, 0.4) is 0 Å². The number of ether oxygens (including phenoxy) is 2. The average Bonchev–Trinajstić information content (AvgIpc) is 3.18. The summed E-state index contributed by atoms with van der Waals surface area (Å²) in [6.45, 7) is 0. The lowest BCUT2D eigenvalue weighted by atomic mass is 10.2. The maximum atomic E-state index is 13.8. The molecule has 0 unspecified atom stereocenters. The van der Waals surface area contributed by atoms with Crippen molar-refractivity contribution in [1.29, 1.82) is 0 Å². The lowest BCUT2D eigenvalue weighted by Crippen LogP contribution is -2.34. The molecule has 1 fully saturated rings. The van der Waals surface area contributed by atoms with Gasteiger partial charge < -0.3 is 9.47 Å². The van der Waals surface area contributed by atoms with Crippen LogP contribution < -0.4 is 14.2 Å². The summed E-state index contributed by atoms with van der Waals surface area (Å²) in [5.74, 6) is -4.92. The van der Waals surface area contributed by atoms with Crippen LogP contribution in [0.25, 0.3) is 0 Å². The molecule has 1 saturated carbocycles. The third kappa shape index (κ3) is 2.76. The van der Waals surface area contributed by atoms with Crippen LogP contribution in [-0.4, -0.2) is 14.2 Å². The summed E-state index contributed by atoms with van der Waals surface area (Å²) < 4.78 is 78.6. The van der Waals surface area contributed by atoms with Gasteiger partial charge in [0.2, 0.25) is 0 Å². The number of hydrogen-bond donors (Lipinski definition) is 1. The Morgan fingerprint density at radius 1 is 0.923 bits per heavy atom. The minimum absolute atomic E-state index is 0.0894. The Morgan fingerprint density at radius 3 is 2.35 bits per heavy atom. The van der Waals surface area contributed by atoms with Crippen molar-refractivity contribution < 1.29 is 31.1 Å². The lowest BCUT2D eigenvalue weighted by molar-refractivity contribution is -0.0716. The zero-order valence-corrected chi connectivity index (χ0v) is 14.2. The van der Waals surface area contributed by atoms with E-state index in [0.717, 1.165) is 25.7 Å². The highest BCUT2D eigenvalue weighted by atomic mass is 32.2. The van der Waals surface area contributed by atoms with Gasteiger partial charge in [-0.05, 0) is 37.1 Å². The molecule has 0 bridgehead atoms. The monoisotopic (exact) mass is 385 g/mol. The number of nitrogens with one attached hydrogen (secondary N) is 1. The Kier molecular flexibility index (Phi) is 3.80. The molecule has 9 heteroatoms. The van der Waals surface area contributed by atoms with E-state index in [0.29, 0.717) is 23.6 Å². The number of benzene rings is 2. The number of rotatable bonds is 3. The van der Waals surface area contributed by atoms with E-state index in [9.17, 15) is 21.6 Å². The summed E-state index contributed by atoms with van der Waals surface area (Å²) in [4.78, 5) is -0.985. The number of halogens is 3. The molecule has 2 aromatic carbocycles. The molecule has 1 N–H and O–H groups in total. The highest BCUT2D eigenvalue weighted by molar-refractivity contribution is 7.92. The highest BCUT2D eigenvalue weighted by Gasteiger charge is 2.44. The standard InChI is InChI=1S/C17H14F3NO4S/c18-11-4-6-14(16(20)15(11)19)26(22,23)21-10-3-5-12-13(9-10)25-17(24-12)7-1-2-8-17/h3-6,9,21H,1-2,7-8H2. The zero-order chi connectivity index (χ0) is 18.5. The third-order valence-electron chi connectivity index (χ3n) is 4.44. The largest absolute Gasteiger partial charge is 0.448 e. The van der Waals surface area contributed by atoms with E-state index >= 15 is 0 Å². The Labute approximate surface area is 147 Å². The van der Waals surface area contributed by atoms with Crippen LogP contribution >= 0.6 is 0 Å². The smallest absolute Gasteiger partial charge is 0.264 e. The van der Waals surface area contributed by atoms with E-state index < -0.39 is 38.2 Å². The molecule has 5 nitrogen and oxygen atoms in total. The quantitative estimate of drug-likeness (QED) is 0.813. The molecule has 26 heavy (non-hydrogen) atoms. The van der Waals surface area contributed by atoms with Crippen molar-refractivity contribution in [2.45, 2.75) is 36.4 Å². The second-order valence-electron chi connectivity index (χ2n) is 6.26. The minimum atomic E-state index is -4.46. The van der Waals surface area contributed by atoms with E-state index in [1.807, 2.05) is 0 Å². The maximum Gasteiger partial charge on any atom is 0.264 e. The van der Waals surface area contributed by atoms with Crippen molar-refractivity contribution in [3.8, 4) is 11.5 Å². The molecule has 1 aliphatic heterocycles. The first-order valence-corrected chi connectivity index (χ1v) is 9.46. The summed E-state index contributed by atoms with van der Waals surface area (Å²) in [6.07, 6.45) is 3.43. The number of sulfonamides is 1. The predicted octanol–water partition coefficient (Wildman–Crippen LogP) is 3.95. The van der Waals surface area contributed by atoms with Gasteiger partial charge in [0.1, 0.15) is 4.90 Å². The fourth-order valence-electron chi connectivity index (χ4n) is 3.20. The van der Waals surface area contributed by atoms with Crippen LogP contribution in [0.2, 0.25) is 0 Å². The van der Waals surface area contributed by atoms with Crippen LogP contribution in [0.1, 0.15) is 25.7 Å². The minimum Gasteiger partial charge on any atom is -0.448 e. The van der Waals surface area contributed by atoms with Crippen molar-refractivity contribution in [1.82, 2.24) is 0 Å². The van der Waals surface area contributed by atoms with Gasteiger partial charge in [-0.3, -0.25) is 4.72 Å². The van der Waals surface area contributed by atoms with Crippen LogP contribution in [-0.2, 0) is 10.0 Å². The summed E-state index contributed by atoms with van der Waals surface area (Å²) in [5.41, 5.74) is 0.0894. The molecule has 2 aliphatic rings. The van der Waals surface area contributed by atoms with Crippen molar-refractivity contribution in [3.63, 3.8) is 0 Å². The van der Waals surface area contributed by atoms with Gasteiger partial charge in [0, 0.05) is 18.9 Å². The van der Waals surface area contributed by atoms with E-state index in [1.165, 1.54) is 12.1 Å². The SMILES string of the molecule is O=S(=O)(Nc1ccc2c(c1)OC1(CCCC1)O2)c1ccc(F)c(F)c1F. The first kappa shape index (κ1) is 17.0. The second kappa shape index (κ2) is 5.80. The first-order chi connectivity index (χ1) is 12.3. The van der Waals surface area contributed by atoms with Crippen molar-refractivity contribution in [2.75, 3.05) is 4.72 Å². The van der Waals surface area contributed by atoms with E-state index in [1.54, 1.807) is 6.07 Å². The molecule has 0 saturated heterocycles. The fraction of sp³-hybridized carbons (Fsp3) is 0.294. The summed E-state index contributed by atoms with van der Waals surface area (Å²) in [7, 11) is -4.46. The van der Waals surface area contributed by atoms with Crippen molar-refractivity contribution >= 4 is 15.7 Å². The van der Waals surface area contributed by atoms with Gasteiger partial charge in [0.25, 0.3) is 15.8 Å². The molecule has 0 aromatic heterocycles. The molecule has 1 aliphatic carbocycles. The second-order valence-corrected chi connectivity index (χ2v) is 7.91. The van der Waals surface area contributed by atoms with Gasteiger partial charge in [-0.25, -0.2) is 21.6 Å². The van der Waals surface area contributed by atoms with Gasteiger partial charge in [-0.15, -0.1) is 0 Å². The first-order valence-electron chi connectivity index (χ1n) is 7.98. The van der Waals surface area contributed by atoms with Gasteiger partial charge in [0.15, 0.2) is 29.0 Å². The van der Waals surface area contributed by atoms with Gasteiger partial charge in [0.05, 0.1) is 5.69 Å². The molecule has 0 radical (unpaired) electrons. The normalized spacial score (nSPS) is 17.7. The molecule has 4 rings (SSSR count). The topological polar surface area (TPSA) is 64.6 Å². The van der Waals surface area contributed by atoms with E-state index in [4.69, 9.17) is 9.47 Å². The molecular weight excluding hydrogens is 371 g/mol. The summed E-state index contributed by atoms with van der Waals surface area (Å²) >= 11 is 0. The average molecular weight is 385 g/mol. The van der Waals surface area contributed by atoms with Crippen LogP contribution in [0, 0.1) is 17.5 Å². The molecule has 1 heterocycles. The van der Waals surface area contributed by atoms with Gasteiger partial charge in [-0.2, -0.15) is 0 Å². The molecule has 0 atom stereocenters. The van der Waals surface area contributed by atoms with Crippen LogP contribution in [0.5, 0.6) is 11.5 Å². The van der Waals surface area contributed by atoms with Gasteiger partial charge in [-0.1, -0.05) is 0 Å². The zero-order valence-electron chi connectivity index (χ0n) is 13.4. The number of fused-ring (bicyclic) bond motifs is 1. The van der Waals surface area contributed by atoms with Crippen LogP contribution in [0.15, 0.2) is 35.2 Å². The Morgan fingerprint density at radius 2 is 1.62 bits per heavy atom. The number of anilines is 1. The van der Waals surface area contributed by atoms with Crippen molar-refractivity contribution in [2.24, 2.45) is 0 Å². The highest BCUT2D eigenvalue weighted by Crippen LogP contribution is 2.47. The molecule has 138 valence electrons. The maximum absolute atomic E-state index is 13.8. The summed E-state index contributed by atoms with van der Waals surface area (Å²) in [5, 5.41) is 0. The Bertz CT molecular complexity index is 988. The molecule has 1 spiro atoms. The Hall–Kier alpha value is -2.42. The van der Waals surface area contributed by atoms with Gasteiger partial charge >= 0.3 is 0 Å². The third-order valence-corrected chi connectivity index (χ3v) is 5.84. The predicted molar refractivity (Wildman–Crippen MR) is 86.0 cm³/mol. The molecular formula is C17H14F3NO4S. The van der Waals surface area contributed by atoms with E-state index in [2.05, 4.69) is 4.72 Å². The fourth-order valence-corrected chi connectivity index (χ4v) is 4.32. The van der Waals surface area contributed by atoms with Crippen LogP contribution in [0.4, 0.5) is 18.9 Å². The van der Waals surface area contributed by atoms with Crippen molar-refractivity contribution in [3.05, 3.63) is 47.8 Å². The molecule has 2 aromatic rings. The lowest BCUT2D eigenvalue weighted by Gasteiger charge is -2.21. The summed E-state index contributed by atoms with van der Waals surface area (Å²) in [6, 6.07) is 5.60. The Balaban J connectivity index is 1.62. The number of hydrogen-bond acceptors (Lipinski definition) is 4. The van der Waals surface area contributed by atoms with E-state index in [-0.39, 0.29) is 5.69 Å². The molecule has 0 amide bonds.